The minimum absolute atomic E-state index is 0.00260. The lowest BCUT2D eigenvalue weighted by Gasteiger charge is -2.40. The lowest BCUT2D eigenvalue weighted by molar-refractivity contribution is -0.129. The van der Waals surface area contributed by atoms with Crippen LogP contribution in [0.2, 0.25) is 5.02 Å². The second-order valence-corrected chi connectivity index (χ2v) is 11.0. The number of fused-ring (bicyclic) bond motifs is 1. The number of halogens is 3. The summed E-state index contributed by atoms with van der Waals surface area (Å²) in [5, 5.41) is 0.303. The molecule has 43 heavy (non-hydrogen) atoms. The van der Waals surface area contributed by atoms with E-state index in [2.05, 4.69) is 23.1 Å². The van der Waals surface area contributed by atoms with Crippen molar-refractivity contribution in [1.82, 2.24) is 24.4 Å². The maximum Gasteiger partial charge on any atom is 0.355 e. The summed E-state index contributed by atoms with van der Waals surface area (Å²) < 4.78 is 55.0. The second kappa shape index (κ2) is 11.7. The van der Waals surface area contributed by atoms with E-state index in [0.29, 0.717) is 11.3 Å². The van der Waals surface area contributed by atoms with Crippen LogP contribution in [0.1, 0.15) is 47.6 Å². The molecule has 0 spiro atoms. The Bertz CT molecular complexity index is 1960. The fourth-order valence-corrected chi connectivity index (χ4v) is 5.66. The Morgan fingerprint density at radius 1 is 1.26 bits per heavy atom. The van der Waals surface area contributed by atoms with Crippen LogP contribution in [0.15, 0.2) is 60.3 Å². The number of hydrogen-bond acceptors (Lipinski definition) is 6. The lowest BCUT2D eigenvalue weighted by Crippen LogP contribution is -2.54. The second-order valence-electron chi connectivity index (χ2n) is 10.6. The number of carbonyl (C=O) groups is 1. The van der Waals surface area contributed by atoms with Crippen molar-refractivity contribution >= 4 is 40.4 Å². The molecule has 1 fully saturated rings. The van der Waals surface area contributed by atoms with Crippen molar-refractivity contribution in [3.8, 4) is 16.9 Å². The van der Waals surface area contributed by atoms with E-state index >= 15 is 4.39 Å². The van der Waals surface area contributed by atoms with Crippen molar-refractivity contribution in [3.05, 3.63) is 93.7 Å². The van der Waals surface area contributed by atoms with E-state index in [4.69, 9.17) is 20.7 Å². The fraction of sp³-hybridized carbons (Fsp3) is 0.281. The Balaban J connectivity index is 1.88. The number of aromatic nitrogens is 4. The average molecular weight is 608 g/mol. The Labute approximate surface area is 257 Å². The van der Waals surface area contributed by atoms with Crippen molar-refractivity contribution in [1.29, 1.82) is 0 Å². The number of pyridine rings is 2. The van der Waals surface area contributed by atoms with Crippen molar-refractivity contribution in [2.45, 2.75) is 39.6 Å². The highest BCUT2D eigenvalue weighted by molar-refractivity contribution is 6.34. The van der Waals surface area contributed by atoms with Gasteiger partial charge in [-0.1, -0.05) is 56.8 Å². The Kier molecular flexibility index (Phi) is 7.12. The number of anilines is 1. The molecule has 222 valence electrons. The molecule has 8 nitrogen and oxygen atoms in total. The summed E-state index contributed by atoms with van der Waals surface area (Å²) in [6.45, 7) is 10.0. The largest absolute Gasteiger partial charge is 0.355 e. The fourth-order valence-electron chi connectivity index (χ4n) is 5.42. The molecule has 0 radical (unpaired) electrons. The zero-order chi connectivity index (χ0) is 33.7. The van der Waals surface area contributed by atoms with Crippen LogP contribution in [0, 0.1) is 12.7 Å². The van der Waals surface area contributed by atoms with Gasteiger partial charge in [0.05, 0.1) is 27.5 Å². The van der Waals surface area contributed by atoms with Gasteiger partial charge in [0.2, 0.25) is 0 Å². The standard InChI is InChI=1S/C32H31ClF2N6O2/c1-7-21-9-8-10-24(35)25(21)27-23(33)15-22-29(40-14-13-39(16-19(40)5)31(42)20(6)34)38-32(43)41(30(22)37-27)28-18(4)11-12-36-26(28)17(2)3/h7-12,15,17,19H,1,6,13-14,16H2,2-5H3/t19-/m0/s1/i4D3. The number of benzene rings is 1. The first-order chi connectivity index (χ1) is 21.6. The Hall–Kier alpha value is -4.44. The quantitative estimate of drug-likeness (QED) is 0.242. The molecule has 5 rings (SSSR count). The van der Waals surface area contributed by atoms with Gasteiger partial charge in [0.15, 0.2) is 11.5 Å². The smallest absolute Gasteiger partial charge is 0.350 e. The lowest BCUT2D eigenvalue weighted by atomic mass is 10.0. The van der Waals surface area contributed by atoms with E-state index in [1.165, 1.54) is 41.4 Å². The molecule has 4 heterocycles. The van der Waals surface area contributed by atoms with Crippen LogP contribution in [-0.4, -0.2) is 56.0 Å². The van der Waals surface area contributed by atoms with Gasteiger partial charge in [0.25, 0.3) is 5.91 Å². The number of aryl methyl sites for hydroxylation is 1. The van der Waals surface area contributed by atoms with Gasteiger partial charge < -0.3 is 9.80 Å². The van der Waals surface area contributed by atoms with Crippen molar-refractivity contribution in [2.24, 2.45) is 0 Å². The van der Waals surface area contributed by atoms with Crippen LogP contribution >= 0.6 is 11.6 Å². The summed E-state index contributed by atoms with van der Waals surface area (Å²) in [5.74, 6) is -2.69. The molecule has 0 N–H and O–H groups in total. The van der Waals surface area contributed by atoms with E-state index in [-0.39, 0.29) is 69.9 Å². The maximum atomic E-state index is 15.4. The molecule has 0 bridgehead atoms. The molecule has 11 heteroatoms. The Morgan fingerprint density at radius 3 is 2.67 bits per heavy atom. The highest BCUT2D eigenvalue weighted by Gasteiger charge is 2.32. The van der Waals surface area contributed by atoms with Crippen molar-refractivity contribution in [3.63, 3.8) is 0 Å². The molecule has 1 atom stereocenters. The third kappa shape index (κ3) is 5.31. The normalized spacial score (nSPS) is 16.6. The van der Waals surface area contributed by atoms with E-state index in [9.17, 15) is 14.0 Å². The predicted octanol–water partition coefficient (Wildman–Crippen LogP) is 6.23. The molecule has 4 aromatic rings. The van der Waals surface area contributed by atoms with Crippen LogP contribution < -0.4 is 10.6 Å². The van der Waals surface area contributed by atoms with E-state index in [0.717, 1.165) is 4.57 Å². The molecule has 3 aromatic heterocycles. The first-order valence-electron chi connectivity index (χ1n) is 15.1. The third-order valence-electron chi connectivity index (χ3n) is 7.45. The molecule has 1 saturated heterocycles. The molecule has 0 saturated carbocycles. The number of rotatable bonds is 6. The van der Waals surface area contributed by atoms with Gasteiger partial charge in [0, 0.05) is 41.5 Å². The number of carbonyl (C=O) groups excluding carboxylic acids is 1. The van der Waals surface area contributed by atoms with Crippen LogP contribution in [0.4, 0.5) is 14.6 Å². The van der Waals surface area contributed by atoms with Gasteiger partial charge in [-0.2, -0.15) is 4.98 Å². The summed E-state index contributed by atoms with van der Waals surface area (Å²) in [4.78, 5) is 43.2. The minimum atomic E-state index is -2.65. The van der Waals surface area contributed by atoms with Gasteiger partial charge in [-0.15, -0.1) is 0 Å². The SMILES string of the molecule is [2H]C([2H])([2H])c1ccnc(C(C)C)c1-n1c(=O)nc(N2CCN(C(=O)C(=C)F)C[C@@H]2C)c2cc(Cl)c(-c3c(F)cccc3C=C)nc21. The molecule has 1 aliphatic rings. The minimum Gasteiger partial charge on any atom is -0.350 e. The van der Waals surface area contributed by atoms with Gasteiger partial charge in [-0.05, 0) is 49.0 Å². The van der Waals surface area contributed by atoms with Crippen LogP contribution in [0.25, 0.3) is 34.1 Å². The van der Waals surface area contributed by atoms with Crippen molar-refractivity contribution in [2.75, 3.05) is 24.5 Å². The molecule has 1 aliphatic heterocycles. The highest BCUT2D eigenvalue weighted by Crippen LogP contribution is 2.37. The first kappa shape index (κ1) is 26.2. The number of nitrogens with zero attached hydrogens (tertiary/aromatic N) is 6. The first-order valence-corrected chi connectivity index (χ1v) is 14.0. The Morgan fingerprint density at radius 2 is 2.02 bits per heavy atom. The molecule has 0 unspecified atom stereocenters. The third-order valence-corrected chi connectivity index (χ3v) is 7.73. The van der Waals surface area contributed by atoms with Gasteiger partial charge in [0.1, 0.15) is 11.6 Å². The summed E-state index contributed by atoms with van der Waals surface area (Å²) in [7, 11) is 0. The zero-order valence-electron chi connectivity index (χ0n) is 26.9. The van der Waals surface area contributed by atoms with Crippen molar-refractivity contribution < 1.29 is 17.7 Å². The summed E-state index contributed by atoms with van der Waals surface area (Å²) in [6, 6.07) is 6.78. The molecular weight excluding hydrogens is 574 g/mol. The summed E-state index contributed by atoms with van der Waals surface area (Å²) in [5.41, 5.74) is -0.285. The highest BCUT2D eigenvalue weighted by atomic mass is 35.5. The summed E-state index contributed by atoms with van der Waals surface area (Å²) >= 11 is 6.81. The number of hydrogen-bond donors (Lipinski definition) is 0. The van der Waals surface area contributed by atoms with Crippen LogP contribution in [0.5, 0.6) is 0 Å². The van der Waals surface area contributed by atoms with E-state index < -0.39 is 36.1 Å². The number of amides is 1. The maximum absolute atomic E-state index is 15.4. The monoisotopic (exact) mass is 607 g/mol. The molecule has 0 aliphatic carbocycles. The van der Waals surface area contributed by atoms with E-state index in [1.54, 1.807) is 17.9 Å². The summed E-state index contributed by atoms with van der Waals surface area (Å²) in [6.07, 6.45) is 2.82. The molecular formula is C32H31ClF2N6O2. The van der Waals surface area contributed by atoms with Gasteiger partial charge in [-0.3, -0.25) is 9.78 Å². The van der Waals surface area contributed by atoms with Crippen LogP contribution in [-0.2, 0) is 4.79 Å². The predicted molar refractivity (Wildman–Crippen MR) is 166 cm³/mol. The van der Waals surface area contributed by atoms with Crippen LogP contribution in [0.3, 0.4) is 0 Å². The average Bonchev–Trinajstić information content (AvgIpc) is 2.99. The molecule has 1 aromatic carbocycles. The topological polar surface area (TPSA) is 84.2 Å². The number of piperazine rings is 1. The van der Waals surface area contributed by atoms with Gasteiger partial charge >= 0.3 is 5.69 Å². The molecule has 1 amide bonds. The zero-order valence-corrected chi connectivity index (χ0v) is 24.6. The van der Waals surface area contributed by atoms with E-state index in [1.807, 2.05) is 13.8 Å². The van der Waals surface area contributed by atoms with Gasteiger partial charge in [-0.25, -0.2) is 23.1 Å².